The number of ether oxygens (including phenoxy) is 1. The molecule has 0 bridgehead atoms. The number of anilines is 1. The van der Waals surface area contributed by atoms with E-state index < -0.39 is 11.0 Å². The van der Waals surface area contributed by atoms with Gasteiger partial charge in [0.1, 0.15) is 5.75 Å². The van der Waals surface area contributed by atoms with Crippen LogP contribution in [0.15, 0.2) is 36.4 Å². The van der Waals surface area contributed by atoms with Gasteiger partial charge in [0.05, 0.1) is 16.2 Å². The van der Waals surface area contributed by atoms with Crippen molar-refractivity contribution in [1.29, 1.82) is 0 Å². The zero-order valence-electron chi connectivity index (χ0n) is 15.0. The van der Waals surface area contributed by atoms with Crippen LogP contribution in [0.2, 0.25) is 0 Å². The summed E-state index contributed by atoms with van der Waals surface area (Å²) in [5.74, 6) is 0.329. The number of nitrogens with zero attached hydrogens (tertiary/aromatic N) is 1. The topological polar surface area (TPSA) is 81.5 Å². The maximum absolute atomic E-state index is 12.4. The lowest BCUT2D eigenvalue weighted by molar-refractivity contribution is -0.385. The van der Waals surface area contributed by atoms with Crippen molar-refractivity contribution in [2.75, 3.05) is 5.32 Å². The molecule has 1 aliphatic carbocycles. The number of aryl methyl sites for hydroxylation is 2. The summed E-state index contributed by atoms with van der Waals surface area (Å²) in [5.41, 5.74) is 3.46. The Balaban J connectivity index is 1.69. The van der Waals surface area contributed by atoms with E-state index >= 15 is 0 Å². The Hall–Kier alpha value is -2.89. The molecular weight excluding hydrogens is 332 g/mol. The number of fused-ring (bicyclic) bond motifs is 1. The molecule has 2 aromatic rings. The first-order valence-electron chi connectivity index (χ1n) is 8.79. The number of carbonyl (C=O) groups excluding carboxylic acids is 1. The van der Waals surface area contributed by atoms with Crippen LogP contribution in [0.3, 0.4) is 0 Å². The minimum Gasteiger partial charge on any atom is -0.481 e. The smallest absolute Gasteiger partial charge is 0.274 e. The van der Waals surface area contributed by atoms with Gasteiger partial charge >= 0.3 is 0 Å². The third kappa shape index (κ3) is 3.85. The zero-order chi connectivity index (χ0) is 18.7. The predicted molar refractivity (Wildman–Crippen MR) is 99.6 cm³/mol. The number of nitro groups is 1. The molecule has 0 unspecified atom stereocenters. The van der Waals surface area contributed by atoms with E-state index in [-0.39, 0.29) is 11.6 Å². The Bertz CT molecular complexity index is 848. The first-order chi connectivity index (χ1) is 12.5. The zero-order valence-corrected chi connectivity index (χ0v) is 15.0. The monoisotopic (exact) mass is 354 g/mol. The molecule has 6 heteroatoms. The molecule has 0 aliphatic heterocycles. The molecule has 2 aromatic carbocycles. The van der Waals surface area contributed by atoms with Crippen LogP contribution in [-0.4, -0.2) is 16.9 Å². The molecule has 1 amide bonds. The van der Waals surface area contributed by atoms with Gasteiger partial charge in [0.2, 0.25) is 0 Å². The lowest BCUT2D eigenvalue weighted by Gasteiger charge is -2.19. The molecule has 0 aromatic heterocycles. The maximum atomic E-state index is 12.4. The summed E-state index contributed by atoms with van der Waals surface area (Å²) >= 11 is 0. The number of amides is 1. The van der Waals surface area contributed by atoms with Crippen molar-refractivity contribution in [3.63, 3.8) is 0 Å². The van der Waals surface area contributed by atoms with Crippen molar-refractivity contribution in [2.45, 2.75) is 45.6 Å². The van der Waals surface area contributed by atoms with Crippen molar-refractivity contribution in [3.8, 4) is 5.75 Å². The second-order valence-corrected chi connectivity index (χ2v) is 6.59. The molecule has 6 nitrogen and oxygen atoms in total. The minimum atomic E-state index is -0.713. The fraction of sp³-hybridized carbons (Fsp3) is 0.350. The Labute approximate surface area is 152 Å². The van der Waals surface area contributed by atoms with Gasteiger partial charge in [-0.05, 0) is 68.9 Å². The lowest BCUT2D eigenvalue weighted by atomic mass is 9.92. The summed E-state index contributed by atoms with van der Waals surface area (Å²) in [6.45, 7) is 3.28. The van der Waals surface area contributed by atoms with Gasteiger partial charge in [-0.3, -0.25) is 14.9 Å². The van der Waals surface area contributed by atoms with Gasteiger partial charge in [-0.2, -0.15) is 0 Å². The van der Waals surface area contributed by atoms with Gasteiger partial charge in [0.15, 0.2) is 6.10 Å². The van der Waals surface area contributed by atoms with Crippen molar-refractivity contribution in [3.05, 3.63) is 63.2 Å². The highest BCUT2D eigenvalue weighted by Crippen LogP contribution is 2.27. The van der Waals surface area contributed by atoms with E-state index in [1.165, 1.54) is 30.0 Å². The molecule has 0 radical (unpaired) electrons. The standard InChI is InChI=1S/C20H22N2O4/c1-13-18(8-5-9-19(13)22(24)25)21-20(23)14(2)26-17-11-10-15-6-3-4-7-16(15)12-17/h5,8-12,14H,3-4,6-7H2,1-2H3,(H,21,23)/t14-/m0/s1. The van der Waals surface area contributed by atoms with Crippen molar-refractivity contribution in [1.82, 2.24) is 0 Å². The Morgan fingerprint density at radius 2 is 1.92 bits per heavy atom. The van der Waals surface area contributed by atoms with E-state index in [0.717, 1.165) is 12.8 Å². The Kier molecular flexibility index (Phi) is 5.21. The number of carbonyl (C=O) groups is 1. The van der Waals surface area contributed by atoms with Gasteiger partial charge in [0.25, 0.3) is 11.6 Å². The van der Waals surface area contributed by atoms with Gasteiger partial charge < -0.3 is 10.1 Å². The van der Waals surface area contributed by atoms with E-state index in [1.54, 1.807) is 26.0 Å². The lowest BCUT2D eigenvalue weighted by Crippen LogP contribution is -2.30. The second-order valence-electron chi connectivity index (χ2n) is 6.59. The number of benzene rings is 2. The quantitative estimate of drug-likeness (QED) is 0.645. The van der Waals surface area contributed by atoms with Gasteiger partial charge in [-0.15, -0.1) is 0 Å². The first kappa shape index (κ1) is 17.9. The molecule has 136 valence electrons. The van der Waals surface area contributed by atoms with Crippen LogP contribution in [0.1, 0.15) is 36.5 Å². The molecule has 0 fully saturated rings. The minimum absolute atomic E-state index is 0.0222. The molecule has 0 spiro atoms. The number of nitrogens with one attached hydrogen (secondary N) is 1. The summed E-state index contributed by atoms with van der Waals surface area (Å²) in [6, 6.07) is 10.6. The summed E-state index contributed by atoms with van der Waals surface area (Å²) in [6.07, 6.45) is 3.82. The van der Waals surface area contributed by atoms with Crippen LogP contribution in [0.5, 0.6) is 5.75 Å². The van der Waals surface area contributed by atoms with E-state index in [0.29, 0.717) is 17.0 Å². The molecule has 1 atom stereocenters. The van der Waals surface area contributed by atoms with E-state index in [9.17, 15) is 14.9 Å². The average molecular weight is 354 g/mol. The van der Waals surface area contributed by atoms with Crippen LogP contribution in [-0.2, 0) is 17.6 Å². The fourth-order valence-electron chi connectivity index (χ4n) is 3.23. The molecule has 0 saturated heterocycles. The highest BCUT2D eigenvalue weighted by molar-refractivity contribution is 5.95. The fourth-order valence-corrected chi connectivity index (χ4v) is 3.23. The van der Waals surface area contributed by atoms with Gasteiger partial charge in [-0.1, -0.05) is 12.1 Å². The molecule has 0 heterocycles. The molecule has 1 N–H and O–H groups in total. The van der Waals surface area contributed by atoms with Gasteiger partial charge in [0, 0.05) is 6.07 Å². The number of rotatable bonds is 5. The SMILES string of the molecule is Cc1c(NC(=O)[C@H](C)Oc2ccc3c(c2)CCCC3)cccc1[N+](=O)[O-]. The molecular formula is C20H22N2O4. The van der Waals surface area contributed by atoms with E-state index in [1.807, 2.05) is 12.1 Å². The summed E-state index contributed by atoms with van der Waals surface area (Å²) in [7, 11) is 0. The van der Waals surface area contributed by atoms with Crippen molar-refractivity contribution < 1.29 is 14.5 Å². The highest BCUT2D eigenvalue weighted by atomic mass is 16.6. The van der Waals surface area contributed by atoms with Crippen LogP contribution >= 0.6 is 0 Å². The average Bonchev–Trinajstić information content (AvgIpc) is 2.63. The number of hydrogen-bond acceptors (Lipinski definition) is 4. The molecule has 1 aliphatic rings. The van der Waals surface area contributed by atoms with Crippen molar-refractivity contribution >= 4 is 17.3 Å². The third-order valence-electron chi connectivity index (χ3n) is 4.76. The number of nitro benzene ring substituents is 1. The van der Waals surface area contributed by atoms with Crippen molar-refractivity contribution in [2.24, 2.45) is 0 Å². The predicted octanol–water partition coefficient (Wildman–Crippen LogP) is 4.19. The Morgan fingerprint density at radius 1 is 1.19 bits per heavy atom. The molecule has 26 heavy (non-hydrogen) atoms. The van der Waals surface area contributed by atoms with Crippen LogP contribution in [0.25, 0.3) is 0 Å². The van der Waals surface area contributed by atoms with Crippen LogP contribution in [0.4, 0.5) is 11.4 Å². The molecule has 3 rings (SSSR count). The highest BCUT2D eigenvalue weighted by Gasteiger charge is 2.20. The Morgan fingerprint density at radius 3 is 2.65 bits per heavy atom. The first-order valence-corrected chi connectivity index (χ1v) is 8.79. The second kappa shape index (κ2) is 7.56. The van der Waals surface area contributed by atoms with E-state index in [2.05, 4.69) is 11.4 Å². The van der Waals surface area contributed by atoms with Crippen LogP contribution in [0, 0.1) is 17.0 Å². The summed E-state index contributed by atoms with van der Waals surface area (Å²) in [4.78, 5) is 23.0. The summed E-state index contributed by atoms with van der Waals surface area (Å²) < 4.78 is 5.79. The maximum Gasteiger partial charge on any atom is 0.274 e. The van der Waals surface area contributed by atoms with Crippen LogP contribution < -0.4 is 10.1 Å². The normalized spacial score (nSPS) is 14.2. The van der Waals surface area contributed by atoms with Gasteiger partial charge in [-0.25, -0.2) is 0 Å². The molecule has 0 saturated carbocycles. The number of hydrogen-bond donors (Lipinski definition) is 1. The third-order valence-corrected chi connectivity index (χ3v) is 4.76. The largest absolute Gasteiger partial charge is 0.481 e. The summed E-state index contributed by atoms with van der Waals surface area (Å²) in [5, 5.41) is 13.7. The van der Waals surface area contributed by atoms with E-state index in [4.69, 9.17) is 4.74 Å².